The lowest BCUT2D eigenvalue weighted by Crippen LogP contribution is -2.14. The molecule has 0 saturated heterocycles. The summed E-state index contributed by atoms with van der Waals surface area (Å²) in [5, 5.41) is 3.68. The number of hydrogen-bond donors (Lipinski definition) is 2. The molecule has 0 aliphatic rings. The SMILES string of the molecule is CC(C)CNc1ccc(NS(=O)(=O)c2ccc(Cl)c(Cl)c2)nc1. The minimum absolute atomic E-state index is 0.0238. The summed E-state index contributed by atoms with van der Waals surface area (Å²) < 4.78 is 27.0. The predicted octanol–water partition coefficient (Wildman–Crippen LogP) is 4.26. The third-order valence-electron chi connectivity index (χ3n) is 2.92. The van der Waals surface area contributed by atoms with E-state index >= 15 is 0 Å². The van der Waals surface area contributed by atoms with E-state index in [4.69, 9.17) is 23.2 Å². The molecular weight excluding hydrogens is 357 g/mol. The fourth-order valence-electron chi connectivity index (χ4n) is 1.72. The first-order valence-electron chi connectivity index (χ1n) is 6.96. The number of benzene rings is 1. The molecule has 0 fully saturated rings. The molecule has 124 valence electrons. The molecule has 2 rings (SSSR count). The van der Waals surface area contributed by atoms with Crippen LogP contribution in [-0.2, 0) is 10.0 Å². The minimum Gasteiger partial charge on any atom is -0.384 e. The molecule has 0 atom stereocenters. The first-order valence-corrected chi connectivity index (χ1v) is 9.19. The normalized spacial score (nSPS) is 11.5. The highest BCUT2D eigenvalue weighted by molar-refractivity contribution is 7.92. The van der Waals surface area contributed by atoms with Gasteiger partial charge in [-0.25, -0.2) is 13.4 Å². The number of rotatable bonds is 6. The van der Waals surface area contributed by atoms with Gasteiger partial charge in [0.15, 0.2) is 0 Å². The lowest BCUT2D eigenvalue weighted by atomic mass is 10.2. The molecule has 0 spiro atoms. The molecule has 0 bridgehead atoms. The average Bonchev–Trinajstić information content (AvgIpc) is 2.49. The Kier molecular flexibility index (Phi) is 5.73. The molecular formula is C15H17Cl2N3O2S. The van der Waals surface area contributed by atoms with Gasteiger partial charge in [-0.15, -0.1) is 0 Å². The van der Waals surface area contributed by atoms with Gasteiger partial charge in [0.05, 0.1) is 26.8 Å². The van der Waals surface area contributed by atoms with E-state index in [2.05, 4.69) is 28.9 Å². The second-order valence-corrected chi connectivity index (χ2v) is 7.89. The van der Waals surface area contributed by atoms with Crippen LogP contribution in [0.1, 0.15) is 13.8 Å². The van der Waals surface area contributed by atoms with E-state index in [1.54, 1.807) is 18.3 Å². The minimum atomic E-state index is -3.77. The number of aromatic nitrogens is 1. The van der Waals surface area contributed by atoms with Crippen molar-refractivity contribution < 1.29 is 8.42 Å². The van der Waals surface area contributed by atoms with Gasteiger partial charge in [0, 0.05) is 6.54 Å². The summed E-state index contributed by atoms with van der Waals surface area (Å²) in [7, 11) is -3.77. The summed E-state index contributed by atoms with van der Waals surface area (Å²) in [6, 6.07) is 7.48. The topological polar surface area (TPSA) is 71.1 Å². The highest BCUT2D eigenvalue weighted by Gasteiger charge is 2.16. The third kappa shape index (κ3) is 4.99. The van der Waals surface area contributed by atoms with Gasteiger partial charge < -0.3 is 5.32 Å². The van der Waals surface area contributed by atoms with Crippen LogP contribution in [0.15, 0.2) is 41.4 Å². The largest absolute Gasteiger partial charge is 0.384 e. The molecule has 0 amide bonds. The van der Waals surface area contributed by atoms with Crippen molar-refractivity contribution >= 4 is 44.7 Å². The van der Waals surface area contributed by atoms with Gasteiger partial charge in [0.1, 0.15) is 5.82 Å². The Labute approximate surface area is 146 Å². The Morgan fingerprint density at radius 1 is 1.13 bits per heavy atom. The van der Waals surface area contributed by atoms with Crippen LogP contribution in [0.5, 0.6) is 0 Å². The van der Waals surface area contributed by atoms with Crippen molar-refractivity contribution in [2.24, 2.45) is 5.92 Å². The maximum absolute atomic E-state index is 12.3. The molecule has 0 aliphatic carbocycles. The maximum Gasteiger partial charge on any atom is 0.263 e. The Morgan fingerprint density at radius 3 is 2.43 bits per heavy atom. The number of pyridine rings is 1. The molecule has 1 heterocycles. The van der Waals surface area contributed by atoms with Gasteiger partial charge in [-0.05, 0) is 36.2 Å². The lowest BCUT2D eigenvalue weighted by molar-refractivity contribution is 0.601. The van der Waals surface area contributed by atoms with Crippen molar-refractivity contribution in [3.63, 3.8) is 0 Å². The molecule has 0 aliphatic heterocycles. The first kappa shape index (κ1) is 17.8. The zero-order valence-corrected chi connectivity index (χ0v) is 15.0. The number of halogens is 2. The molecule has 2 aromatic rings. The van der Waals surface area contributed by atoms with E-state index in [0.717, 1.165) is 12.2 Å². The molecule has 0 radical (unpaired) electrons. The van der Waals surface area contributed by atoms with Crippen LogP contribution in [0.4, 0.5) is 11.5 Å². The number of sulfonamides is 1. The zero-order valence-electron chi connectivity index (χ0n) is 12.7. The summed E-state index contributed by atoms with van der Waals surface area (Å²) >= 11 is 11.6. The molecule has 0 unspecified atom stereocenters. The van der Waals surface area contributed by atoms with Crippen molar-refractivity contribution in [3.05, 3.63) is 46.6 Å². The molecule has 1 aromatic heterocycles. The van der Waals surface area contributed by atoms with Crippen LogP contribution in [0.25, 0.3) is 0 Å². The van der Waals surface area contributed by atoms with Gasteiger partial charge in [-0.3, -0.25) is 4.72 Å². The third-order valence-corrected chi connectivity index (χ3v) is 5.01. The average molecular weight is 374 g/mol. The van der Waals surface area contributed by atoms with Crippen molar-refractivity contribution in [1.29, 1.82) is 0 Å². The van der Waals surface area contributed by atoms with E-state index in [9.17, 15) is 8.42 Å². The summed E-state index contributed by atoms with van der Waals surface area (Å²) in [5.41, 5.74) is 0.830. The summed E-state index contributed by atoms with van der Waals surface area (Å²) in [4.78, 5) is 4.12. The van der Waals surface area contributed by atoms with E-state index in [-0.39, 0.29) is 15.7 Å². The fourth-order valence-corrected chi connectivity index (χ4v) is 3.12. The zero-order chi connectivity index (χ0) is 17.0. The number of nitrogens with one attached hydrogen (secondary N) is 2. The van der Waals surface area contributed by atoms with Gasteiger partial charge in [-0.2, -0.15) is 0 Å². The highest BCUT2D eigenvalue weighted by atomic mass is 35.5. The summed E-state index contributed by atoms with van der Waals surface area (Å²) in [6.45, 7) is 5.01. The van der Waals surface area contributed by atoms with Crippen molar-refractivity contribution in [2.75, 3.05) is 16.6 Å². The second-order valence-electron chi connectivity index (χ2n) is 5.39. The highest BCUT2D eigenvalue weighted by Crippen LogP contribution is 2.25. The monoisotopic (exact) mass is 373 g/mol. The predicted molar refractivity (Wildman–Crippen MR) is 94.8 cm³/mol. The molecule has 0 saturated carbocycles. The van der Waals surface area contributed by atoms with Crippen molar-refractivity contribution in [1.82, 2.24) is 4.98 Å². The standard InChI is InChI=1S/C15H17Cl2N3O2S/c1-10(2)8-18-11-3-6-15(19-9-11)20-23(21,22)12-4-5-13(16)14(17)7-12/h3-7,9-10,18H,8H2,1-2H3,(H,19,20). The molecule has 2 N–H and O–H groups in total. The van der Waals surface area contributed by atoms with Crippen LogP contribution >= 0.6 is 23.2 Å². The Hall–Kier alpha value is -1.50. The first-order chi connectivity index (χ1) is 10.8. The number of anilines is 2. The van der Waals surface area contributed by atoms with E-state index in [1.165, 1.54) is 18.2 Å². The molecule has 8 heteroatoms. The van der Waals surface area contributed by atoms with Gasteiger partial charge in [-0.1, -0.05) is 37.0 Å². The smallest absolute Gasteiger partial charge is 0.263 e. The van der Waals surface area contributed by atoms with E-state index in [1.807, 2.05) is 0 Å². The van der Waals surface area contributed by atoms with Crippen LogP contribution in [0.2, 0.25) is 10.0 Å². The molecule has 23 heavy (non-hydrogen) atoms. The van der Waals surface area contributed by atoms with Crippen LogP contribution in [-0.4, -0.2) is 19.9 Å². The number of nitrogens with zero attached hydrogens (tertiary/aromatic N) is 1. The van der Waals surface area contributed by atoms with E-state index in [0.29, 0.717) is 10.9 Å². The molecule has 5 nitrogen and oxygen atoms in total. The molecule has 1 aromatic carbocycles. The van der Waals surface area contributed by atoms with Gasteiger partial charge in [0.25, 0.3) is 10.0 Å². The lowest BCUT2D eigenvalue weighted by Gasteiger charge is -2.10. The van der Waals surface area contributed by atoms with Crippen molar-refractivity contribution in [2.45, 2.75) is 18.7 Å². The van der Waals surface area contributed by atoms with Crippen LogP contribution in [0.3, 0.4) is 0 Å². The van der Waals surface area contributed by atoms with Crippen LogP contribution in [0, 0.1) is 5.92 Å². The Balaban J connectivity index is 2.12. The Morgan fingerprint density at radius 2 is 1.87 bits per heavy atom. The quantitative estimate of drug-likeness (QED) is 0.793. The maximum atomic E-state index is 12.3. The number of hydrogen-bond acceptors (Lipinski definition) is 4. The Bertz CT molecular complexity index is 778. The van der Waals surface area contributed by atoms with Gasteiger partial charge in [0.2, 0.25) is 0 Å². The summed E-state index contributed by atoms with van der Waals surface area (Å²) in [6.07, 6.45) is 1.58. The van der Waals surface area contributed by atoms with Crippen LogP contribution < -0.4 is 10.0 Å². The fraction of sp³-hybridized carbons (Fsp3) is 0.267. The second kappa shape index (κ2) is 7.38. The summed E-state index contributed by atoms with van der Waals surface area (Å²) in [5.74, 6) is 0.731. The van der Waals surface area contributed by atoms with Crippen molar-refractivity contribution in [3.8, 4) is 0 Å². The van der Waals surface area contributed by atoms with Gasteiger partial charge >= 0.3 is 0 Å². The van der Waals surface area contributed by atoms with E-state index < -0.39 is 10.0 Å².